The van der Waals surface area contributed by atoms with Crippen LogP contribution in [-0.2, 0) is 16.4 Å². The van der Waals surface area contributed by atoms with Crippen LogP contribution in [0.3, 0.4) is 0 Å². The molecule has 0 radical (unpaired) electrons. The van der Waals surface area contributed by atoms with Gasteiger partial charge in [0.25, 0.3) is 0 Å². The first-order valence-electron chi connectivity index (χ1n) is 8.63. The molecule has 1 fully saturated rings. The Morgan fingerprint density at radius 2 is 1.88 bits per heavy atom. The summed E-state index contributed by atoms with van der Waals surface area (Å²) in [6, 6.07) is 7.71. The molecule has 0 spiro atoms. The molecule has 1 atom stereocenters. The molecule has 8 heteroatoms. The highest BCUT2D eigenvalue weighted by molar-refractivity contribution is 7.88. The van der Waals surface area contributed by atoms with Crippen LogP contribution in [0.4, 0.5) is 4.79 Å². The van der Waals surface area contributed by atoms with Crippen molar-refractivity contribution in [3.8, 4) is 5.75 Å². The molecule has 25 heavy (non-hydrogen) atoms. The molecule has 0 aliphatic carbocycles. The van der Waals surface area contributed by atoms with Crippen LogP contribution < -0.4 is 15.4 Å². The van der Waals surface area contributed by atoms with Gasteiger partial charge in [-0.05, 0) is 30.4 Å². The molecule has 0 bridgehead atoms. The molecule has 2 aliphatic rings. The second kappa shape index (κ2) is 7.61. The lowest BCUT2D eigenvalue weighted by molar-refractivity contribution is 0.210. The van der Waals surface area contributed by atoms with Gasteiger partial charge in [-0.2, -0.15) is 0 Å². The third kappa shape index (κ3) is 4.85. The molecular formula is C17H25N3O4S. The van der Waals surface area contributed by atoms with E-state index >= 15 is 0 Å². The Morgan fingerprint density at radius 1 is 1.20 bits per heavy atom. The normalized spacial score (nSPS) is 21.4. The van der Waals surface area contributed by atoms with Gasteiger partial charge in [-0.15, -0.1) is 0 Å². The highest BCUT2D eigenvalue weighted by atomic mass is 32.2. The van der Waals surface area contributed by atoms with Crippen molar-refractivity contribution in [2.75, 3.05) is 32.4 Å². The zero-order chi connectivity index (χ0) is 17.9. The summed E-state index contributed by atoms with van der Waals surface area (Å²) < 4.78 is 30.3. The standard InChI is InChI=1S/C17H25N3O4S/c1-25(22,23)20-8-6-13(7-9-20)11-18-17(21)19-12-15-10-14-4-2-3-5-16(14)24-15/h2-5,13,15H,6-12H2,1H3,(H2,18,19,21). The van der Waals surface area contributed by atoms with Gasteiger partial charge in [0.15, 0.2) is 0 Å². The Kier molecular flexibility index (Phi) is 5.48. The summed E-state index contributed by atoms with van der Waals surface area (Å²) in [5.41, 5.74) is 1.17. The van der Waals surface area contributed by atoms with Gasteiger partial charge in [-0.1, -0.05) is 18.2 Å². The van der Waals surface area contributed by atoms with Gasteiger partial charge in [0, 0.05) is 26.1 Å². The van der Waals surface area contributed by atoms with E-state index in [9.17, 15) is 13.2 Å². The second-order valence-corrected chi connectivity index (χ2v) is 8.73. The lowest BCUT2D eigenvalue weighted by atomic mass is 9.98. The fourth-order valence-corrected chi connectivity index (χ4v) is 4.19. The summed E-state index contributed by atoms with van der Waals surface area (Å²) in [5.74, 6) is 1.21. The van der Waals surface area contributed by atoms with Gasteiger partial charge >= 0.3 is 6.03 Å². The lowest BCUT2D eigenvalue weighted by Gasteiger charge is -2.30. The number of ether oxygens (including phenoxy) is 1. The molecule has 1 unspecified atom stereocenters. The number of carbonyl (C=O) groups is 1. The van der Waals surface area contributed by atoms with Gasteiger partial charge in [0.1, 0.15) is 11.9 Å². The smallest absolute Gasteiger partial charge is 0.314 e. The number of benzene rings is 1. The van der Waals surface area contributed by atoms with Gasteiger partial charge in [0.05, 0.1) is 12.8 Å². The number of para-hydroxylation sites is 1. The number of urea groups is 1. The molecular weight excluding hydrogens is 342 g/mol. The second-order valence-electron chi connectivity index (χ2n) is 6.75. The monoisotopic (exact) mass is 367 g/mol. The van der Waals surface area contributed by atoms with Crippen molar-refractivity contribution in [3.63, 3.8) is 0 Å². The van der Waals surface area contributed by atoms with Crippen LogP contribution in [0.2, 0.25) is 0 Å². The molecule has 3 rings (SSSR count). The van der Waals surface area contributed by atoms with Crippen molar-refractivity contribution < 1.29 is 17.9 Å². The largest absolute Gasteiger partial charge is 0.488 e. The van der Waals surface area contributed by atoms with Gasteiger partial charge < -0.3 is 15.4 Å². The lowest BCUT2D eigenvalue weighted by Crippen LogP contribution is -2.45. The minimum atomic E-state index is -3.10. The highest BCUT2D eigenvalue weighted by Crippen LogP contribution is 2.27. The van der Waals surface area contributed by atoms with Crippen molar-refractivity contribution in [1.82, 2.24) is 14.9 Å². The van der Waals surface area contributed by atoms with E-state index in [1.165, 1.54) is 16.1 Å². The summed E-state index contributed by atoms with van der Waals surface area (Å²) in [5, 5.41) is 5.73. The average molecular weight is 367 g/mol. The number of hydrogen-bond acceptors (Lipinski definition) is 4. The summed E-state index contributed by atoms with van der Waals surface area (Å²) in [6.07, 6.45) is 3.56. The van der Waals surface area contributed by atoms with Crippen molar-refractivity contribution in [3.05, 3.63) is 29.8 Å². The molecule has 1 aromatic rings. The highest BCUT2D eigenvalue weighted by Gasteiger charge is 2.25. The summed E-state index contributed by atoms with van der Waals surface area (Å²) >= 11 is 0. The van der Waals surface area contributed by atoms with Crippen LogP contribution in [0.5, 0.6) is 5.75 Å². The van der Waals surface area contributed by atoms with E-state index in [1.807, 2.05) is 24.3 Å². The molecule has 2 aliphatic heterocycles. The van der Waals surface area contributed by atoms with Crippen LogP contribution in [0.25, 0.3) is 0 Å². The third-order valence-corrected chi connectivity index (χ3v) is 6.10. The van der Waals surface area contributed by atoms with Crippen molar-refractivity contribution in [1.29, 1.82) is 0 Å². The van der Waals surface area contributed by atoms with Crippen LogP contribution in [0.15, 0.2) is 24.3 Å². The Balaban J connectivity index is 1.33. The quantitative estimate of drug-likeness (QED) is 0.811. The summed E-state index contributed by atoms with van der Waals surface area (Å²) in [4.78, 5) is 12.0. The number of hydrogen-bond donors (Lipinski definition) is 2. The molecule has 1 saturated heterocycles. The van der Waals surface area contributed by atoms with Crippen molar-refractivity contribution >= 4 is 16.1 Å². The molecule has 2 amide bonds. The maximum atomic E-state index is 12.0. The molecule has 2 N–H and O–H groups in total. The molecule has 0 aromatic heterocycles. The molecule has 138 valence electrons. The number of nitrogens with zero attached hydrogens (tertiary/aromatic N) is 1. The Hall–Kier alpha value is -1.80. The van der Waals surface area contributed by atoms with E-state index in [1.54, 1.807) is 0 Å². The SMILES string of the molecule is CS(=O)(=O)N1CCC(CNC(=O)NCC2Cc3ccccc3O2)CC1. The minimum Gasteiger partial charge on any atom is -0.488 e. The van der Waals surface area contributed by atoms with Crippen LogP contribution in [0.1, 0.15) is 18.4 Å². The first-order valence-corrected chi connectivity index (χ1v) is 10.5. The number of rotatable bonds is 5. The number of amides is 2. The maximum Gasteiger partial charge on any atom is 0.314 e. The van der Waals surface area contributed by atoms with Crippen LogP contribution in [-0.4, -0.2) is 57.3 Å². The average Bonchev–Trinajstić information content (AvgIpc) is 3.00. The summed E-state index contributed by atoms with van der Waals surface area (Å²) in [6.45, 7) is 2.09. The van der Waals surface area contributed by atoms with E-state index in [0.29, 0.717) is 32.1 Å². The number of carbonyl (C=O) groups excluding carboxylic acids is 1. The van der Waals surface area contributed by atoms with Gasteiger partial charge in [-0.25, -0.2) is 17.5 Å². The fraction of sp³-hybridized carbons (Fsp3) is 0.588. The van der Waals surface area contributed by atoms with E-state index in [4.69, 9.17) is 4.74 Å². The van der Waals surface area contributed by atoms with Crippen molar-refractivity contribution in [2.45, 2.75) is 25.4 Å². The molecule has 7 nitrogen and oxygen atoms in total. The third-order valence-electron chi connectivity index (χ3n) is 4.80. The predicted octanol–water partition coefficient (Wildman–Crippen LogP) is 0.961. The van der Waals surface area contributed by atoms with E-state index < -0.39 is 10.0 Å². The van der Waals surface area contributed by atoms with Crippen molar-refractivity contribution in [2.24, 2.45) is 5.92 Å². The van der Waals surface area contributed by atoms with E-state index in [0.717, 1.165) is 25.0 Å². The van der Waals surface area contributed by atoms with Gasteiger partial charge in [0.2, 0.25) is 10.0 Å². The maximum absolute atomic E-state index is 12.0. The number of sulfonamides is 1. The van der Waals surface area contributed by atoms with E-state index in [-0.39, 0.29) is 12.1 Å². The summed E-state index contributed by atoms with van der Waals surface area (Å²) in [7, 11) is -3.10. The zero-order valence-electron chi connectivity index (χ0n) is 14.4. The van der Waals surface area contributed by atoms with Crippen LogP contribution >= 0.6 is 0 Å². The number of nitrogens with one attached hydrogen (secondary N) is 2. The fourth-order valence-electron chi connectivity index (χ4n) is 3.32. The molecule has 2 heterocycles. The minimum absolute atomic E-state index is 0.0267. The number of fused-ring (bicyclic) bond motifs is 1. The molecule has 1 aromatic carbocycles. The predicted molar refractivity (Wildman–Crippen MR) is 95.1 cm³/mol. The first kappa shape index (κ1) is 18.0. The van der Waals surface area contributed by atoms with Gasteiger partial charge in [-0.3, -0.25) is 0 Å². The topological polar surface area (TPSA) is 87.7 Å². The zero-order valence-corrected chi connectivity index (χ0v) is 15.2. The van der Waals surface area contributed by atoms with E-state index in [2.05, 4.69) is 10.6 Å². The van der Waals surface area contributed by atoms with Crippen LogP contribution in [0, 0.1) is 5.92 Å². The Bertz CT molecular complexity index is 689. The molecule has 0 saturated carbocycles. The first-order chi connectivity index (χ1) is 11.9. The Morgan fingerprint density at radius 3 is 2.56 bits per heavy atom. The Labute approximate surface area is 148 Å². The number of piperidine rings is 1.